The molecule has 0 radical (unpaired) electrons. The van der Waals surface area contributed by atoms with E-state index in [2.05, 4.69) is 5.32 Å². The summed E-state index contributed by atoms with van der Waals surface area (Å²) in [7, 11) is 0. The maximum atomic E-state index is 11.6. The molecule has 1 rings (SSSR count). The molecule has 0 spiro atoms. The molecule has 1 aromatic carbocycles. The van der Waals surface area contributed by atoms with E-state index in [1.165, 1.54) is 0 Å². The quantitative estimate of drug-likeness (QED) is 0.892. The van der Waals surface area contributed by atoms with Gasteiger partial charge in [-0.2, -0.15) is 0 Å². The molecule has 0 saturated heterocycles. The minimum atomic E-state index is -0.522. The van der Waals surface area contributed by atoms with Crippen LogP contribution in [0.4, 0.5) is 4.79 Å². The average Bonchev–Trinajstić information content (AvgIpc) is 2.32. The van der Waals surface area contributed by atoms with Crippen LogP contribution in [-0.2, 0) is 4.74 Å². The van der Waals surface area contributed by atoms with E-state index in [-0.39, 0.29) is 5.92 Å². The standard InChI is InChI=1S/C14H20Cl2N2O2/c1-14(2,3)20-13(19)18-8-10(7-17)9-4-5-11(15)12(16)6-9/h4-6,10H,7-8,17H2,1-3H3,(H,18,19). The molecule has 112 valence electrons. The number of nitrogens with two attached hydrogens (primary N) is 1. The molecule has 0 aliphatic rings. The lowest BCUT2D eigenvalue weighted by atomic mass is 9.99. The van der Waals surface area contributed by atoms with Crippen LogP contribution >= 0.6 is 23.2 Å². The SMILES string of the molecule is CC(C)(C)OC(=O)NCC(CN)c1ccc(Cl)c(Cl)c1. The van der Waals surface area contributed by atoms with Gasteiger partial charge in [0.2, 0.25) is 0 Å². The van der Waals surface area contributed by atoms with Gasteiger partial charge in [0, 0.05) is 19.0 Å². The van der Waals surface area contributed by atoms with Gasteiger partial charge in [-0.3, -0.25) is 0 Å². The zero-order valence-corrected chi connectivity index (χ0v) is 13.4. The van der Waals surface area contributed by atoms with Crippen molar-refractivity contribution in [3.63, 3.8) is 0 Å². The number of rotatable bonds is 4. The average molecular weight is 319 g/mol. The molecule has 6 heteroatoms. The maximum absolute atomic E-state index is 11.6. The third kappa shape index (κ3) is 5.57. The zero-order valence-electron chi connectivity index (χ0n) is 11.9. The van der Waals surface area contributed by atoms with E-state index in [0.717, 1.165) is 5.56 Å². The van der Waals surface area contributed by atoms with Gasteiger partial charge in [-0.05, 0) is 38.5 Å². The minimum absolute atomic E-state index is 0.0442. The van der Waals surface area contributed by atoms with Crippen LogP contribution < -0.4 is 11.1 Å². The van der Waals surface area contributed by atoms with Crippen LogP contribution in [0.25, 0.3) is 0 Å². The van der Waals surface area contributed by atoms with Gasteiger partial charge in [-0.1, -0.05) is 29.3 Å². The van der Waals surface area contributed by atoms with E-state index in [0.29, 0.717) is 23.1 Å². The van der Waals surface area contributed by atoms with E-state index in [4.69, 9.17) is 33.7 Å². The van der Waals surface area contributed by atoms with Crippen LogP contribution in [0.2, 0.25) is 10.0 Å². The normalized spacial score (nSPS) is 12.9. The fourth-order valence-corrected chi connectivity index (χ4v) is 1.93. The minimum Gasteiger partial charge on any atom is -0.444 e. The molecule has 1 atom stereocenters. The Kier molecular flexibility index (Phi) is 6.11. The molecule has 0 saturated carbocycles. The van der Waals surface area contributed by atoms with Crippen molar-refractivity contribution in [2.75, 3.05) is 13.1 Å². The summed E-state index contributed by atoms with van der Waals surface area (Å²) in [4.78, 5) is 11.6. The van der Waals surface area contributed by atoms with Crippen molar-refractivity contribution in [1.82, 2.24) is 5.32 Å². The first-order valence-electron chi connectivity index (χ1n) is 6.35. The molecule has 20 heavy (non-hydrogen) atoms. The zero-order chi connectivity index (χ0) is 15.3. The molecule has 3 N–H and O–H groups in total. The van der Waals surface area contributed by atoms with E-state index in [1.807, 2.05) is 26.8 Å². The molecule has 1 unspecified atom stereocenters. The Morgan fingerprint density at radius 2 is 2.00 bits per heavy atom. The Morgan fingerprint density at radius 1 is 1.35 bits per heavy atom. The lowest BCUT2D eigenvalue weighted by Crippen LogP contribution is -2.36. The molecule has 0 heterocycles. The second-order valence-electron chi connectivity index (χ2n) is 5.49. The van der Waals surface area contributed by atoms with Crippen LogP contribution in [0.15, 0.2) is 18.2 Å². The monoisotopic (exact) mass is 318 g/mol. The summed E-state index contributed by atoms with van der Waals surface area (Å²) in [5.74, 6) is -0.0442. The van der Waals surface area contributed by atoms with Crippen molar-refractivity contribution >= 4 is 29.3 Å². The molecule has 0 fully saturated rings. The third-order valence-corrected chi connectivity index (χ3v) is 3.33. The van der Waals surface area contributed by atoms with Gasteiger partial charge < -0.3 is 15.8 Å². The summed E-state index contributed by atoms with van der Waals surface area (Å²) in [6, 6.07) is 5.33. The summed E-state index contributed by atoms with van der Waals surface area (Å²) in [6.07, 6.45) is -0.462. The van der Waals surface area contributed by atoms with Crippen molar-refractivity contribution in [3.8, 4) is 0 Å². The Hall–Kier alpha value is -0.970. The predicted molar refractivity (Wildman–Crippen MR) is 82.5 cm³/mol. The van der Waals surface area contributed by atoms with E-state index < -0.39 is 11.7 Å². The van der Waals surface area contributed by atoms with Crippen molar-refractivity contribution in [1.29, 1.82) is 0 Å². The van der Waals surface area contributed by atoms with Gasteiger partial charge in [0.1, 0.15) is 5.60 Å². The summed E-state index contributed by atoms with van der Waals surface area (Å²) in [6.45, 7) is 6.20. The molecule has 1 aromatic rings. The van der Waals surface area contributed by atoms with Gasteiger partial charge in [0.15, 0.2) is 0 Å². The molecular formula is C14H20Cl2N2O2. The largest absolute Gasteiger partial charge is 0.444 e. The van der Waals surface area contributed by atoms with Gasteiger partial charge in [-0.25, -0.2) is 4.79 Å². The molecular weight excluding hydrogens is 299 g/mol. The van der Waals surface area contributed by atoms with Crippen molar-refractivity contribution in [2.45, 2.75) is 32.3 Å². The van der Waals surface area contributed by atoms with E-state index >= 15 is 0 Å². The first-order chi connectivity index (χ1) is 9.23. The number of amides is 1. The lowest BCUT2D eigenvalue weighted by Gasteiger charge is -2.21. The fourth-order valence-electron chi connectivity index (χ4n) is 1.62. The topological polar surface area (TPSA) is 64.3 Å². The molecule has 0 aliphatic heterocycles. The van der Waals surface area contributed by atoms with E-state index in [1.54, 1.807) is 12.1 Å². The third-order valence-electron chi connectivity index (χ3n) is 2.59. The lowest BCUT2D eigenvalue weighted by molar-refractivity contribution is 0.0525. The number of ether oxygens (including phenoxy) is 1. The van der Waals surface area contributed by atoms with E-state index in [9.17, 15) is 4.79 Å². The number of nitrogens with one attached hydrogen (secondary N) is 1. The van der Waals surface area contributed by atoms with Gasteiger partial charge >= 0.3 is 6.09 Å². The van der Waals surface area contributed by atoms with Crippen LogP contribution in [0, 0.1) is 0 Å². The molecule has 4 nitrogen and oxygen atoms in total. The Balaban J connectivity index is 2.63. The van der Waals surface area contributed by atoms with Crippen LogP contribution in [0.5, 0.6) is 0 Å². The van der Waals surface area contributed by atoms with Crippen LogP contribution in [0.3, 0.4) is 0 Å². The summed E-state index contributed by atoms with van der Waals surface area (Å²) in [5.41, 5.74) is 6.14. The van der Waals surface area contributed by atoms with Crippen LogP contribution in [-0.4, -0.2) is 24.8 Å². The highest BCUT2D eigenvalue weighted by molar-refractivity contribution is 6.42. The number of alkyl carbamates (subject to hydrolysis) is 1. The van der Waals surface area contributed by atoms with Gasteiger partial charge in [0.25, 0.3) is 0 Å². The first-order valence-corrected chi connectivity index (χ1v) is 7.10. The van der Waals surface area contributed by atoms with Crippen molar-refractivity contribution in [3.05, 3.63) is 33.8 Å². The number of carbonyl (C=O) groups is 1. The van der Waals surface area contributed by atoms with Crippen molar-refractivity contribution < 1.29 is 9.53 Å². The Bertz CT molecular complexity index is 473. The number of carbonyl (C=O) groups excluding carboxylic acids is 1. The second-order valence-corrected chi connectivity index (χ2v) is 6.30. The van der Waals surface area contributed by atoms with Crippen molar-refractivity contribution in [2.24, 2.45) is 5.73 Å². The van der Waals surface area contributed by atoms with Gasteiger partial charge in [-0.15, -0.1) is 0 Å². The summed E-state index contributed by atoms with van der Waals surface area (Å²) >= 11 is 11.9. The number of hydrogen-bond acceptors (Lipinski definition) is 3. The molecule has 0 bridgehead atoms. The predicted octanol–water partition coefficient (Wildman–Crippen LogP) is 3.56. The first kappa shape index (κ1) is 17.1. The highest BCUT2D eigenvalue weighted by atomic mass is 35.5. The molecule has 0 aromatic heterocycles. The Morgan fingerprint density at radius 3 is 2.50 bits per heavy atom. The highest BCUT2D eigenvalue weighted by Crippen LogP contribution is 2.26. The fraction of sp³-hybridized carbons (Fsp3) is 0.500. The number of halogens is 2. The highest BCUT2D eigenvalue weighted by Gasteiger charge is 2.18. The Labute approximate surface area is 129 Å². The maximum Gasteiger partial charge on any atom is 0.407 e. The molecule has 1 amide bonds. The van der Waals surface area contributed by atoms with Gasteiger partial charge in [0.05, 0.1) is 10.0 Å². The van der Waals surface area contributed by atoms with Crippen LogP contribution in [0.1, 0.15) is 32.3 Å². The number of hydrogen-bond donors (Lipinski definition) is 2. The smallest absolute Gasteiger partial charge is 0.407 e. The second kappa shape index (κ2) is 7.16. The summed E-state index contributed by atoms with van der Waals surface area (Å²) < 4.78 is 5.17. The number of benzene rings is 1. The molecule has 0 aliphatic carbocycles. The summed E-state index contributed by atoms with van der Waals surface area (Å²) in [5, 5.41) is 3.67.